The summed E-state index contributed by atoms with van der Waals surface area (Å²) >= 11 is 0. The van der Waals surface area contributed by atoms with Crippen molar-refractivity contribution in [3.8, 4) is 0 Å². The first kappa shape index (κ1) is 23.8. The standard InChI is InChI=1S/C23H34N4O5/c1-16-7-11-25(12-8-16)20-6-5-18(27(30)31)15-19(20)21(28)24-17-9-13-26(14-10-17)22(29)32-23(2,3)4/h5-6,15-17H,7-14H2,1-4H3,(H,24,28). The Bertz CT molecular complexity index is 850. The minimum absolute atomic E-state index is 0.0935. The Morgan fingerprint density at radius 2 is 1.72 bits per heavy atom. The third-order valence-electron chi connectivity index (χ3n) is 6.04. The molecule has 0 saturated carbocycles. The molecule has 0 radical (unpaired) electrons. The van der Waals surface area contributed by atoms with E-state index in [1.165, 1.54) is 12.1 Å². The molecule has 2 heterocycles. The fourth-order valence-electron chi connectivity index (χ4n) is 4.14. The lowest BCUT2D eigenvalue weighted by atomic mass is 9.97. The number of benzene rings is 1. The molecular formula is C23H34N4O5. The summed E-state index contributed by atoms with van der Waals surface area (Å²) < 4.78 is 5.42. The molecule has 9 nitrogen and oxygen atoms in total. The van der Waals surface area contributed by atoms with Gasteiger partial charge in [0.25, 0.3) is 11.6 Å². The van der Waals surface area contributed by atoms with Crippen LogP contribution in [0, 0.1) is 16.0 Å². The van der Waals surface area contributed by atoms with Gasteiger partial charge in [-0.15, -0.1) is 0 Å². The predicted molar refractivity (Wildman–Crippen MR) is 122 cm³/mol. The number of nitrogens with zero attached hydrogens (tertiary/aromatic N) is 3. The van der Waals surface area contributed by atoms with E-state index < -0.39 is 10.5 Å². The van der Waals surface area contributed by atoms with Gasteiger partial charge in [-0.2, -0.15) is 0 Å². The first-order chi connectivity index (χ1) is 15.0. The molecule has 0 aromatic heterocycles. The fraction of sp³-hybridized carbons (Fsp3) is 0.652. The average Bonchev–Trinajstić information content (AvgIpc) is 2.73. The van der Waals surface area contributed by atoms with Crippen LogP contribution in [0.4, 0.5) is 16.2 Å². The van der Waals surface area contributed by atoms with E-state index in [0.717, 1.165) is 31.6 Å². The molecule has 176 valence electrons. The molecule has 9 heteroatoms. The van der Waals surface area contributed by atoms with Gasteiger partial charge in [0.2, 0.25) is 0 Å². The van der Waals surface area contributed by atoms with Gasteiger partial charge in [-0.05, 0) is 58.4 Å². The summed E-state index contributed by atoms with van der Waals surface area (Å²) in [6, 6.07) is 4.42. The molecule has 2 saturated heterocycles. The van der Waals surface area contributed by atoms with Crippen molar-refractivity contribution >= 4 is 23.4 Å². The van der Waals surface area contributed by atoms with Gasteiger partial charge in [0.1, 0.15) is 5.60 Å². The van der Waals surface area contributed by atoms with Gasteiger partial charge in [-0.1, -0.05) is 6.92 Å². The topological polar surface area (TPSA) is 105 Å². The summed E-state index contributed by atoms with van der Waals surface area (Å²) in [7, 11) is 0. The number of nitrogens with one attached hydrogen (secondary N) is 1. The van der Waals surface area contributed by atoms with E-state index in [2.05, 4.69) is 17.1 Å². The van der Waals surface area contributed by atoms with Gasteiger partial charge >= 0.3 is 6.09 Å². The van der Waals surface area contributed by atoms with E-state index in [1.54, 1.807) is 11.0 Å². The van der Waals surface area contributed by atoms with Crippen LogP contribution in [0.25, 0.3) is 0 Å². The number of anilines is 1. The van der Waals surface area contributed by atoms with Crippen LogP contribution in [-0.4, -0.2) is 59.6 Å². The Morgan fingerprint density at radius 1 is 1.09 bits per heavy atom. The quantitative estimate of drug-likeness (QED) is 0.554. The Hall–Kier alpha value is -2.84. The van der Waals surface area contributed by atoms with E-state index in [1.807, 2.05) is 20.8 Å². The molecule has 2 aliphatic rings. The number of carbonyl (C=O) groups is 2. The SMILES string of the molecule is CC1CCN(c2ccc([N+](=O)[O-])cc2C(=O)NC2CCN(C(=O)OC(C)(C)C)CC2)CC1. The minimum atomic E-state index is -0.549. The van der Waals surface area contributed by atoms with Crippen molar-refractivity contribution in [1.82, 2.24) is 10.2 Å². The maximum absolute atomic E-state index is 13.2. The second-order valence-corrected chi connectivity index (χ2v) is 9.84. The third-order valence-corrected chi connectivity index (χ3v) is 6.04. The van der Waals surface area contributed by atoms with Crippen LogP contribution >= 0.6 is 0 Å². The van der Waals surface area contributed by atoms with E-state index in [0.29, 0.717) is 37.4 Å². The monoisotopic (exact) mass is 446 g/mol. The highest BCUT2D eigenvalue weighted by molar-refractivity contribution is 6.00. The summed E-state index contributed by atoms with van der Waals surface area (Å²) in [6.07, 6.45) is 2.93. The molecule has 0 unspecified atom stereocenters. The van der Waals surface area contributed by atoms with Crippen LogP contribution in [0.5, 0.6) is 0 Å². The zero-order chi connectivity index (χ0) is 23.5. The number of non-ortho nitro benzene ring substituents is 1. The van der Waals surface area contributed by atoms with Crippen molar-refractivity contribution in [2.75, 3.05) is 31.1 Å². The number of nitro benzene ring substituents is 1. The molecule has 0 spiro atoms. The summed E-state index contributed by atoms with van der Waals surface area (Å²) in [5.41, 5.74) is 0.436. The number of amides is 2. The summed E-state index contributed by atoms with van der Waals surface area (Å²) in [5, 5.41) is 14.3. The number of hydrogen-bond acceptors (Lipinski definition) is 6. The van der Waals surface area contributed by atoms with Crippen molar-refractivity contribution in [3.05, 3.63) is 33.9 Å². The van der Waals surface area contributed by atoms with E-state index in [4.69, 9.17) is 4.74 Å². The first-order valence-corrected chi connectivity index (χ1v) is 11.4. The van der Waals surface area contributed by atoms with E-state index in [9.17, 15) is 19.7 Å². The molecule has 1 aromatic carbocycles. The highest BCUT2D eigenvalue weighted by Gasteiger charge is 2.29. The minimum Gasteiger partial charge on any atom is -0.444 e. The fourth-order valence-corrected chi connectivity index (χ4v) is 4.14. The molecule has 2 amide bonds. The number of carbonyl (C=O) groups excluding carboxylic acids is 2. The van der Waals surface area contributed by atoms with Gasteiger partial charge in [0.05, 0.1) is 16.2 Å². The van der Waals surface area contributed by atoms with Gasteiger partial charge in [-0.25, -0.2) is 4.79 Å². The van der Waals surface area contributed by atoms with Crippen molar-refractivity contribution in [2.45, 2.75) is 65.0 Å². The number of hydrogen-bond donors (Lipinski definition) is 1. The van der Waals surface area contributed by atoms with Gasteiger partial charge in [-0.3, -0.25) is 14.9 Å². The lowest BCUT2D eigenvalue weighted by Gasteiger charge is -2.35. The van der Waals surface area contributed by atoms with Crippen LogP contribution in [0.3, 0.4) is 0 Å². The second-order valence-electron chi connectivity index (χ2n) is 9.84. The zero-order valence-electron chi connectivity index (χ0n) is 19.4. The first-order valence-electron chi connectivity index (χ1n) is 11.4. The molecule has 1 N–H and O–H groups in total. The molecule has 2 aliphatic heterocycles. The van der Waals surface area contributed by atoms with Crippen molar-refractivity contribution in [2.24, 2.45) is 5.92 Å². The van der Waals surface area contributed by atoms with Crippen molar-refractivity contribution in [1.29, 1.82) is 0 Å². The van der Waals surface area contributed by atoms with Crippen LogP contribution < -0.4 is 10.2 Å². The summed E-state index contributed by atoms with van der Waals surface area (Å²) in [6.45, 7) is 10.3. The number of ether oxygens (including phenoxy) is 1. The van der Waals surface area contributed by atoms with Gasteiger partial charge < -0.3 is 19.9 Å². The zero-order valence-corrected chi connectivity index (χ0v) is 19.4. The molecule has 32 heavy (non-hydrogen) atoms. The Kier molecular flexibility index (Phi) is 7.26. The maximum Gasteiger partial charge on any atom is 0.410 e. The largest absolute Gasteiger partial charge is 0.444 e. The molecule has 0 atom stereocenters. The molecule has 3 rings (SSSR count). The van der Waals surface area contributed by atoms with Crippen LogP contribution in [0.15, 0.2) is 18.2 Å². The Labute approximate surface area is 189 Å². The number of likely N-dealkylation sites (tertiary alicyclic amines) is 1. The Balaban J connectivity index is 1.67. The normalized spacial score (nSPS) is 18.4. The summed E-state index contributed by atoms with van der Waals surface area (Å²) in [4.78, 5) is 40.0. The lowest BCUT2D eigenvalue weighted by Crippen LogP contribution is -2.48. The molecule has 0 aliphatic carbocycles. The number of rotatable bonds is 4. The van der Waals surface area contributed by atoms with Crippen LogP contribution in [0.2, 0.25) is 0 Å². The molecule has 2 fully saturated rings. The van der Waals surface area contributed by atoms with Crippen LogP contribution in [-0.2, 0) is 4.74 Å². The van der Waals surface area contributed by atoms with Gasteiger partial charge in [0, 0.05) is 44.4 Å². The smallest absolute Gasteiger partial charge is 0.410 e. The maximum atomic E-state index is 13.2. The lowest BCUT2D eigenvalue weighted by molar-refractivity contribution is -0.384. The molecule has 1 aromatic rings. The van der Waals surface area contributed by atoms with Gasteiger partial charge in [0.15, 0.2) is 0 Å². The van der Waals surface area contributed by atoms with E-state index in [-0.39, 0.29) is 23.7 Å². The average molecular weight is 447 g/mol. The van der Waals surface area contributed by atoms with Crippen molar-refractivity contribution in [3.63, 3.8) is 0 Å². The molecular weight excluding hydrogens is 412 g/mol. The van der Waals surface area contributed by atoms with Crippen LogP contribution in [0.1, 0.15) is 63.7 Å². The predicted octanol–water partition coefficient (Wildman–Crippen LogP) is 3.96. The van der Waals surface area contributed by atoms with Crippen molar-refractivity contribution < 1.29 is 19.2 Å². The molecule has 0 bridgehead atoms. The second kappa shape index (κ2) is 9.75. The van der Waals surface area contributed by atoms with E-state index >= 15 is 0 Å². The number of piperidine rings is 2. The summed E-state index contributed by atoms with van der Waals surface area (Å²) in [5.74, 6) is 0.328. The third kappa shape index (κ3) is 6.11. The Morgan fingerprint density at radius 3 is 2.28 bits per heavy atom. The highest BCUT2D eigenvalue weighted by Crippen LogP contribution is 2.29. The number of nitro groups is 1. The highest BCUT2D eigenvalue weighted by atomic mass is 16.6.